The molecular formula is C38H48ClF2N3O6S. The number of nitrogens with one attached hydrogen (secondary N) is 1. The molecular weight excluding hydrogens is 700 g/mol. The monoisotopic (exact) mass is 747 g/mol. The first-order valence-electron chi connectivity index (χ1n) is 18.0. The van der Waals surface area contributed by atoms with Crippen molar-refractivity contribution in [3.63, 3.8) is 0 Å². The minimum atomic E-state index is -3.59. The highest BCUT2D eigenvalue weighted by Gasteiger charge is 2.45. The zero-order valence-corrected chi connectivity index (χ0v) is 30.6. The molecule has 0 saturated heterocycles. The number of hydrogen-bond donors (Lipinski definition) is 1. The summed E-state index contributed by atoms with van der Waals surface area (Å²) in [6.45, 7) is 0.872. The molecule has 2 amide bonds. The summed E-state index contributed by atoms with van der Waals surface area (Å²) >= 11 is 6.44. The first kappa shape index (κ1) is 36.3. The van der Waals surface area contributed by atoms with Crippen LogP contribution in [0.1, 0.15) is 74.8 Å². The lowest BCUT2D eigenvalue weighted by Gasteiger charge is -2.46. The van der Waals surface area contributed by atoms with Crippen molar-refractivity contribution < 1.29 is 38.2 Å². The third kappa shape index (κ3) is 7.70. The van der Waals surface area contributed by atoms with E-state index < -0.39 is 40.4 Å². The summed E-state index contributed by atoms with van der Waals surface area (Å²) in [6.07, 6.45) is 8.98. The second-order valence-corrected chi connectivity index (χ2v) is 17.6. The normalized spacial score (nSPS) is 34.2. The molecule has 0 aromatic heterocycles. The SMILES string of the molecule is CO[C@H]1/C=C/C[C@H](C)CS(=O)(NC(=O)C2CC(OC(F)F)C2)=NC(=O)c2ccc3c(c2)N(C[C@@H]2CC[C@H]21)C[C@@]1(CCCc2cc(Cl)ccc21)CO3.[HH]. The van der Waals surface area contributed by atoms with Gasteiger partial charge in [-0.3, -0.25) is 14.3 Å². The van der Waals surface area contributed by atoms with Crippen molar-refractivity contribution in [1.29, 1.82) is 0 Å². The van der Waals surface area contributed by atoms with Gasteiger partial charge in [0.15, 0.2) is 0 Å². The number of fused-ring (bicyclic) bond motifs is 4. The van der Waals surface area contributed by atoms with Gasteiger partial charge in [-0.25, -0.2) is 4.21 Å². The van der Waals surface area contributed by atoms with E-state index in [1.807, 2.05) is 19.1 Å². The van der Waals surface area contributed by atoms with Gasteiger partial charge in [-0.15, -0.1) is 4.36 Å². The number of amides is 2. The minimum absolute atomic E-state index is 0. The Labute approximate surface area is 305 Å². The Morgan fingerprint density at radius 2 is 2.04 bits per heavy atom. The fourth-order valence-corrected chi connectivity index (χ4v) is 10.8. The maximum atomic E-state index is 14.4. The molecule has 2 heterocycles. The van der Waals surface area contributed by atoms with E-state index in [0.29, 0.717) is 37.2 Å². The Hall–Kier alpha value is -3.06. The van der Waals surface area contributed by atoms with Crippen LogP contribution >= 0.6 is 11.6 Å². The van der Waals surface area contributed by atoms with Gasteiger partial charge in [0.25, 0.3) is 5.91 Å². The van der Waals surface area contributed by atoms with Gasteiger partial charge in [-0.05, 0) is 111 Å². The molecule has 51 heavy (non-hydrogen) atoms. The molecule has 2 aromatic carbocycles. The molecule has 6 atom stereocenters. The van der Waals surface area contributed by atoms with Crippen molar-refractivity contribution >= 4 is 39.0 Å². The quantitative estimate of drug-likeness (QED) is 0.319. The van der Waals surface area contributed by atoms with Crippen LogP contribution in [0.25, 0.3) is 0 Å². The first-order valence-corrected chi connectivity index (χ1v) is 20.0. The lowest BCUT2D eigenvalue weighted by atomic mass is 9.68. The summed E-state index contributed by atoms with van der Waals surface area (Å²) < 4.78 is 63.6. The number of nitrogens with zero attached hydrogens (tertiary/aromatic N) is 2. The number of hydrogen-bond acceptors (Lipinski definition) is 7. The molecule has 2 aromatic rings. The van der Waals surface area contributed by atoms with Crippen molar-refractivity contribution in [3.05, 3.63) is 70.3 Å². The molecule has 1 N–H and O–H groups in total. The molecule has 1 spiro atoms. The van der Waals surface area contributed by atoms with Crippen LogP contribution in [0, 0.1) is 23.7 Å². The number of halogens is 3. The Kier molecular flexibility index (Phi) is 10.5. The van der Waals surface area contributed by atoms with Crippen molar-refractivity contribution in [2.24, 2.45) is 28.0 Å². The Morgan fingerprint density at radius 3 is 2.78 bits per heavy atom. The number of carbonyl (C=O) groups is 2. The Morgan fingerprint density at radius 1 is 1.22 bits per heavy atom. The van der Waals surface area contributed by atoms with E-state index in [4.69, 9.17) is 21.1 Å². The predicted octanol–water partition coefficient (Wildman–Crippen LogP) is 7.35. The average molecular weight is 748 g/mol. The average Bonchev–Trinajstić information content (AvgIpc) is 3.19. The van der Waals surface area contributed by atoms with Crippen LogP contribution in [0.4, 0.5) is 14.5 Å². The standard InChI is InChI=1S/C38H46ClF2N3O6S.H2/c1-23-5-3-7-33(48-2)30-11-8-26(30)19-44-21-38(14-4-6-24-15-28(39)10-12-31(24)38)22-49-34-13-9-25(18-32(34)44)35(45)42-51(47,20-23)43-36(46)27-16-29(17-27)50-37(40)41;/h3,7,9-10,12-13,15,18,23,26-27,29-30,33,37H,4-6,8,11,14,16-17,19-22H2,1-2H3,(H,42,43,45,46,47);1H/b7-3+;/t23-,26-,27?,29?,30+,33-,38-,51?;/m0./s1. The molecule has 7 rings (SSSR count). The number of anilines is 1. The number of ether oxygens (including phenoxy) is 3. The summed E-state index contributed by atoms with van der Waals surface area (Å²) in [4.78, 5) is 29.5. The molecule has 1 unspecified atom stereocenters. The second-order valence-electron chi connectivity index (χ2n) is 15.1. The molecule has 5 aliphatic rings. The maximum Gasteiger partial charge on any atom is 0.345 e. The zero-order valence-electron chi connectivity index (χ0n) is 29.0. The van der Waals surface area contributed by atoms with Gasteiger partial charge in [0.2, 0.25) is 5.91 Å². The largest absolute Gasteiger partial charge is 0.490 e. The molecule has 278 valence electrons. The fourth-order valence-electron chi connectivity index (χ4n) is 8.64. The van der Waals surface area contributed by atoms with Gasteiger partial charge < -0.3 is 19.1 Å². The highest BCUT2D eigenvalue weighted by atomic mass is 35.5. The van der Waals surface area contributed by atoms with Gasteiger partial charge in [0, 0.05) is 43.5 Å². The second kappa shape index (κ2) is 14.8. The Balaban J connectivity index is 0.00000464. The van der Waals surface area contributed by atoms with E-state index in [0.717, 1.165) is 49.4 Å². The van der Waals surface area contributed by atoms with E-state index in [2.05, 4.69) is 36.9 Å². The predicted molar refractivity (Wildman–Crippen MR) is 194 cm³/mol. The molecule has 2 fully saturated rings. The highest BCUT2D eigenvalue weighted by Crippen LogP contribution is 2.47. The van der Waals surface area contributed by atoms with E-state index in [9.17, 15) is 22.6 Å². The van der Waals surface area contributed by atoms with E-state index in [-0.39, 0.29) is 43.0 Å². The molecule has 9 nitrogen and oxygen atoms in total. The summed E-state index contributed by atoms with van der Waals surface area (Å²) in [5.41, 5.74) is 3.21. The van der Waals surface area contributed by atoms with Crippen LogP contribution in [0.15, 0.2) is 52.9 Å². The van der Waals surface area contributed by atoms with Gasteiger partial charge in [-0.1, -0.05) is 36.7 Å². The van der Waals surface area contributed by atoms with Crippen LogP contribution in [-0.4, -0.2) is 67.4 Å². The fraction of sp³-hybridized carbons (Fsp3) is 0.579. The summed E-state index contributed by atoms with van der Waals surface area (Å²) in [7, 11) is -1.85. The third-order valence-corrected chi connectivity index (χ3v) is 13.8. The number of rotatable bonds is 5. The van der Waals surface area contributed by atoms with Crippen molar-refractivity contribution in [2.45, 2.75) is 82.5 Å². The summed E-state index contributed by atoms with van der Waals surface area (Å²) in [6, 6.07) is 11.4. The van der Waals surface area contributed by atoms with Crippen molar-refractivity contribution in [1.82, 2.24) is 4.72 Å². The van der Waals surface area contributed by atoms with Gasteiger partial charge >= 0.3 is 6.61 Å². The zero-order chi connectivity index (χ0) is 35.9. The molecule has 13 heteroatoms. The van der Waals surface area contributed by atoms with Crippen LogP contribution in [0.5, 0.6) is 5.75 Å². The van der Waals surface area contributed by atoms with Crippen molar-refractivity contribution in [3.8, 4) is 5.75 Å². The minimum Gasteiger partial charge on any atom is -0.490 e. The number of allylic oxidation sites excluding steroid dienone is 1. The lowest BCUT2D eigenvalue weighted by molar-refractivity contribution is -0.192. The number of alkyl halides is 2. The smallest absolute Gasteiger partial charge is 0.345 e. The maximum absolute atomic E-state index is 14.4. The number of benzene rings is 2. The molecule has 2 saturated carbocycles. The van der Waals surface area contributed by atoms with Crippen molar-refractivity contribution in [2.75, 3.05) is 37.5 Å². The van der Waals surface area contributed by atoms with Gasteiger partial charge in [-0.2, -0.15) is 8.78 Å². The first-order chi connectivity index (χ1) is 24.4. The van der Waals surface area contributed by atoms with E-state index in [1.165, 1.54) is 11.1 Å². The molecule has 2 aliphatic heterocycles. The van der Waals surface area contributed by atoms with E-state index in [1.54, 1.807) is 25.3 Å². The highest BCUT2D eigenvalue weighted by molar-refractivity contribution is 7.92. The summed E-state index contributed by atoms with van der Waals surface area (Å²) in [5, 5.41) is 0.719. The summed E-state index contributed by atoms with van der Waals surface area (Å²) in [5.74, 6) is -0.883. The third-order valence-electron chi connectivity index (χ3n) is 11.5. The molecule has 2 bridgehead atoms. The van der Waals surface area contributed by atoms with Crippen LogP contribution in [-0.2, 0) is 36.0 Å². The van der Waals surface area contributed by atoms with Crippen LogP contribution < -0.4 is 14.4 Å². The van der Waals surface area contributed by atoms with Crippen LogP contribution in [0.2, 0.25) is 5.02 Å². The lowest BCUT2D eigenvalue weighted by Crippen LogP contribution is -2.49. The topological polar surface area (TPSA) is 107 Å². The van der Waals surface area contributed by atoms with Gasteiger partial charge in [0.05, 0.1) is 30.3 Å². The molecule has 3 aliphatic carbocycles. The Bertz CT molecular complexity index is 1820. The number of carbonyl (C=O) groups excluding carboxylic acids is 2. The van der Waals surface area contributed by atoms with E-state index >= 15 is 0 Å². The number of methoxy groups -OCH3 is 1. The number of aryl methyl sites for hydroxylation is 1. The van der Waals surface area contributed by atoms with Gasteiger partial charge in [0.1, 0.15) is 15.7 Å². The van der Waals surface area contributed by atoms with Crippen LogP contribution in [0.3, 0.4) is 0 Å². The molecule has 0 radical (unpaired) electrons.